The summed E-state index contributed by atoms with van der Waals surface area (Å²) >= 11 is 1.13. The summed E-state index contributed by atoms with van der Waals surface area (Å²) in [5, 5.41) is 9.95. The third-order valence-electron chi connectivity index (χ3n) is 4.03. The summed E-state index contributed by atoms with van der Waals surface area (Å²) in [6.07, 6.45) is 2.61. The fraction of sp³-hybridized carbons (Fsp3) is 0.455. The molecule has 0 unspecified atom stereocenters. The van der Waals surface area contributed by atoms with Gasteiger partial charge in [-0.25, -0.2) is 9.78 Å². The van der Waals surface area contributed by atoms with Gasteiger partial charge in [0.1, 0.15) is 11.3 Å². The van der Waals surface area contributed by atoms with Crippen molar-refractivity contribution in [2.75, 3.05) is 22.2 Å². The zero-order valence-corrected chi connectivity index (χ0v) is 22.1. The highest BCUT2D eigenvalue weighted by atomic mass is 33.1. The number of ether oxygens (including phenoxy) is 1. The number of hydrogen-bond acceptors (Lipinski definition) is 8. The van der Waals surface area contributed by atoms with Crippen molar-refractivity contribution in [3.05, 3.63) is 35.3 Å². The lowest BCUT2D eigenvalue weighted by Gasteiger charge is -2.21. The Morgan fingerprint density at radius 1 is 1.00 bits per heavy atom. The van der Waals surface area contributed by atoms with Crippen LogP contribution >= 0.6 is 32.9 Å². The number of thiazole rings is 1. The van der Waals surface area contributed by atoms with Gasteiger partial charge >= 0.3 is 6.09 Å². The average molecular weight is 511 g/mol. The molecule has 0 atom stereocenters. The molecule has 1 heterocycles. The zero-order chi connectivity index (χ0) is 24.6. The van der Waals surface area contributed by atoms with Crippen LogP contribution in [0.15, 0.2) is 29.6 Å². The average Bonchev–Trinajstić information content (AvgIpc) is 3.15. The van der Waals surface area contributed by atoms with Crippen molar-refractivity contribution in [1.29, 1.82) is 0 Å². The summed E-state index contributed by atoms with van der Waals surface area (Å²) < 4.78 is 5.20. The highest BCUT2D eigenvalue weighted by Gasteiger charge is 2.20. The third kappa shape index (κ3) is 10.1. The van der Waals surface area contributed by atoms with E-state index in [0.29, 0.717) is 17.8 Å². The maximum Gasteiger partial charge on any atom is 0.413 e. The van der Waals surface area contributed by atoms with Crippen LogP contribution in [0.5, 0.6) is 0 Å². The van der Waals surface area contributed by atoms with Crippen LogP contribution in [0.2, 0.25) is 0 Å². The Labute approximate surface area is 206 Å². The van der Waals surface area contributed by atoms with Crippen molar-refractivity contribution in [3.63, 3.8) is 0 Å². The first kappa shape index (κ1) is 27.0. The van der Waals surface area contributed by atoms with E-state index < -0.39 is 17.6 Å². The number of aromatic nitrogens is 1. The van der Waals surface area contributed by atoms with Crippen molar-refractivity contribution in [2.24, 2.45) is 0 Å². The van der Waals surface area contributed by atoms with Crippen LogP contribution in [-0.4, -0.2) is 39.5 Å². The Morgan fingerprint density at radius 3 is 2.18 bits per heavy atom. The van der Waals surface area contributed by atoms with E-state index >= 15 is 0 Å². The van der Waals surface area contributed by atoms with Gasteiger partial charge in [0.15, 0.2) is 5.13 Å². The molecule has 0 saturated carbocycles. The second kappa shape index (κ2) is 11.8. The molecule has 2 aromatic rings. The normalized spacial score (nSPS) is 11.6. The van der Waals surface area contributed by atoms with Crippen molar-refractivity contribution in [2.45, 2.75) is 57.8 Å². The van der Waals surface area contributed by atoms with Crippen molar-refractivity contribution in [1.82, 2.24) is 4.98 Å². The van der Waals surface area contributed by atoms with E-state index in [-0.39, 0.29) is 21.5 Å². The van der Waals surface area contributed by atoms with Gasteiger partial charge in [-0.05, 0) is 71.6 Å². The number of nitrogens with zero attached hydrogens (tertiary/aromatic N) is 1. The predicted molar refractivity (Wildman–Crippen MR) is 139 cm³/mol. The number of anilines is 3. The summed E-state index contributed by atoms with van der Waals surface area (Å²) in [5.74, 6) is -0.456. The number of rotatable bonds is 9. The first-order chi connectivity index (χ1) is 15.4. The Bertz CT molecular complexity index is 969. The Balaban J connectivity index is 1.86. The molecule has 0 fully saturated rings. The first-order valence-corrected chi connectivity index (χ1v) is 13.7. The van der Waals surface area contributed by atoms with Gasteiger partial charge in [-0.3, -0.25) is 14.9 Å². The fourth-order valence-corrected chi connectivity index (χ4v) is 5.48. The lowest BCUT2D eigenvalue weighted by atomic mass is 10.1. The number of carbonyl (C=O) groups is 3. The minimum absolute atomic E-state index is 0.0306. The number of nitrogens with one attached hydrogen (secondary N) is 3. The Morgan fingerprint density at radius 2 is 1.61 bits per heavy atom. The van der Waals surface area contributed by atoms with Gasteiger partial charge in [-0.2, -0.15) is 0 Å². The zero-order valence-electron chi connectivity index (χ0n) is 19.6. The number of amides is 3. The molecule has 33 heavy (non-hydrogen) atoms. The predicted octanol–water partition coefficient (Wildman–Crippen LogP) is 6.25. The second-order valence-corrected chi connectivity index (χ2v) is 12.7. The third-order valence-corrected chi connectivity index (χ3v) is 7.47. The van der Waals surface area contributed by atoms with Crippen LogP contribution in [0.25, 0.3) is 0 Å². The lowest BCUT2D eigenvalue weighted by molar-refractivity contribution is -0.116. The fourth-order valence-electron chi connectivity index (χ4n) is 2.56. The lowest BCUT2D eigenvalue weighted by Crippen LogP contribution is -2.27. The van der Waals surface area contributed by atoms with Crippen LogP contribution < -0.4 is 16.0 Å². The molecule has 0 radical (unpaired) electrons. The van der Waals surface area contributed by atoms with Gasteiger partial charge < -0.3 is 15.4 Å². The van der Waals surface area contributed by atoms with Gasteiger partial charge in [0, 0.05) is 27.9 Å². The minimum atomic E-state index is -0.631. The van der Waals surface area contributed by atoms with Crippen LogP contribution in [-0.2, 0) is 9.53 Å². The molecule has 8 nitrogen and oxygen atoms in total. The van der Waals surface area contributed by atoms with Gasteiger partial charge in [-0.1, -0.05) is 21.6 Å². The summed E-state index contributed by atoms with van der Waals surface area (Å²) in [4.78, 5) is 40.6. The van der Waals surface area contributed by atoms with Gasteiger partial charge in [0.2, 0.25) is 5.91 Å². The van der Waals surface area contributed by atoms with Crippen LogP contribution in [0, 0.1) is 0 Å². The van der Waals surface area contributed by atoms with E-state index in [4.69, 9.17) is 4.74 Å². The largest absolute Gasteiger partial charge is 0.444 e. The molecular weight excluding hydrogens is 480 g/mol. The monoisotopic (exact) mass is 510 g/mol. The topological polar surface area (TPSA) is 109 Å². The van der Waals surface area contributed by atoms with E-state index in [1.807, 2.05) is 6.26 Å². The molecule has 1 aromatic carbocycles. The van der Waals surface area contributed by atoms with Crippen LogP contribution in [0.1, 0.15) is 57.9 Å². The molecule has 0 spiro atoms. The quantitative estimate of drug-likeness (QED) is 0.342. The molecule has 0 aliphatic carbocycles. The highest BCUT2D eigenvalue weighted by Crippen LogP contribution is 2.37. The van der Waals surface area contributed by atoms with Gasteiger partial charge in [0.05, 0.1) is 0 Å². The summed E-state index contributed by atoms with van der Waals surface area (Å²) in [5.41, 5.74) is 0.766. The molecule has 3 N–H and O–H groups in total. The molecule has 0 bridgehead atoms. The molecule has 2 rings (SSSR count). The summed E-state index contributed by atoms with van der Waals surface area (Å²) in [6, 6.07) is 6.86. The standard InChI is InChI=1S/C22H30N4O4S3/c1-21(2,3)30-20(29)26-19-25-16(13-32-19)18(28)24-15-9-7-14(8-10-15)23-17(27)11-12-22(4,5)33-31-6/h7-10,13H,11-12H2,1-6H3,(H,23,27)(H,24,28)(H,25,26,29). The smallest absolute Gasteiger partial charge is 0.413 e. The first-order valence-electron chi connectivity index (χ1n) is 10.3. The SMILES string of the molecule is CSSC(C)(C)CCC(=O)Nc1ccc(NC(=O)c2csc(NC(=O)OC(C)(C)C)n2)cc1. The molecule has 1 aromatic heterocycles. The van der Waals surface area contributed by atoms with Gasteiger partial charge in [-0.15, -0.1) is 11.3 Å². The van der Waals surface area contributed by atoms with E-state index in [1.165, 1.54) is 0 Å². The molecule has 0 aliphatic rings. The maximum atomic E-state index is 12.5. The van der Waals surface area contributed by atoms with Crippen LogP contribution in [0.4, 0.5) is 21.3 Å². The number of hydrogen-bond donors (Lipinski definition) is 3. The maximum absolute atomic E-state index is 12.5. The Kier molecular flexibility index (Phi) is 9.62. The second-order valence-electron chi connectivity index (χ2n) is 8.75. The van der Waals surface area contributed by atoms with Crippen molar-refractivity contribution in [3.8, 4) is 0 Å². The van der Waals surface area contributed by atoms with E-state index in [9.17, 15) is 14.4 Å². The Hall–Kier alpha value is -2.24. The van der Waals surface area contributed by atoms with Crippen molar-refractivity contribution >= 4 is 67.3 Å². The summed E-state index contributed by atoms with van der Waals surface area (Å²) in [7, 11) is 3.46. The van der Waals surface area contributed by atoms with E-state index in [1.54, 1.807) is 72.0 Å². The molecule has 0 aliphatic heterocycles. The molecular formula is C22H30N4O4S3. The molecule has 11 heteroatoms. The summed E-state index contributed by atoms with van der Waals surface area (Å²) in [6.45, 7) is 9.53. The van der Waals surface area contributed by atoms with Gasteiger partial charge in [0.25, 0.3) is 5.91 Å². The minimum Gasteiger partial charge on any atom is -0.444 e. The van der Waals surface area contributed by atoms with Crippen LogP contribution in [0.3, 0.4) is 0 Å². The van der Waals surface area contributed by atoms with E-state index in [0.717, 1.165) is 17.8 Å². The molecule has 0 saturated heterocycles. The molecule has 180 valence electrons. The van der Waals surface area contributed by atoms with Crippen molar-refractivity contribution < 1.29 is 19.1 Å². The number of carbonyl (C=O) groups excluding carboxylic acids is 3. The number of benzene rings is 1. The highest BCUT2D eigenvalue weighted by molar-refractivity contribution is 8.76. The molecule has 3 amide bonds. The van der Waals surface area contributed by atoms with E-state index in [2.05, 4.69) is 34.8 Å².